The number of benzene rings is 3. The third-order valence-corrected chi connectivity index (χ3v) is 6.70. The molecule has 0 spiro atoms. The average Bonchev–Trinajstić information content (AvgIpc) is 2.87. The van der Waals surface area contributed by atoms with Crippen molar-refractivity contribution in [2.24, 2.45) is 0 Å². The van der Waals surface area contributed by atoms with Crippen LogP contribution in [0.2, 0.25) is 0 Å². The molecule has 0 saturated carbocycles. The summed E-state index contributed by atoms with van der Waals surface area (Å²) in [7, 11) is -2.87. The zero-order valence-electron chi connectivity index (χ0n) is 20.5. The van der Waals surface area contributed by atoms with Gasteiger partial charge in [0.15, 0.2) is 0 Å². The fourth-order valence-electron chi connectivity index (χ4n) is 4.47. The van der Waals surface area contributed by atoms with Crippen LogP contribution < -0.4 is 5.32 Å². The molecule has 0 amide bonds. The summed E-state index contributed by atoms with van der Waals surface area (Å²) >= 11 is 0. The Morgan fingerprint density at radius 3 is 2.67 bits per heavy atom. The van der Waals surface area contributed by atoms with Gasteiger partial charge in [0.05, 0.1) is 12.1 Å². The Labute approximate surface area is 212 Å². The number of nitrogens with one attached hydrogen (secondary N) is 1. The van der Waals surface area contributed by atoms with Crippen LogP contribution in [0.25, 0.3) is 22.0 Å². The summed E-state index contributed by atoms with van der Waals surface area (Å²) in [6.07, 6.45) is 4.94. The number of rotatable bonds is 12. The Bertz CT molecular complexity index is 1350. The lowest BCUT2D eigenvalue weighted by atomic mass is 9.95. The molecular formula is C29H32FN2O3P. The van der Waals surface area contributed by atoms with E-state index in [4.69, 9.17) is 9.42 Å². The summed E-state index contributed by atoms with van der Waals surface area (Å²) in [5.74, 6) is -0.174. The van der Waals surface area contributed by atoms with E-state index < -0.39 is 8.25 Å². The van der Waals surface area contributed by atoms with Gasteiger partial charge in [-0.1, -0.05) is 60.2 Å². The van der Waals surface area contributed by atoms with E-state index in [0.717, 1.165) is 46.0 Å². The molecule has 1 heterocycles. The lowest BCUT2D eigenvalue weighted by molar-refractivity contribution is 0.276. The van der Waals surface area contributed by atoms with Gasteiger partial charge in [0.25, 0.3) is 0 Å². The van der Waals surface area contributed by atoms with E-state index in [0.29, 0.717) is 25.9 Å². The monoisotopic (exact) mass is 506 g/mol. The van der Waals surface area contributed by atoms with Crippen LogP contribution in [0, 0.1) is 12.7 Å². The highest BCUT2D eigenvalue weighted by molar-refractivity contribution is 7.32. The molecule has 0 saturated heterocycles. The van der Waals surface area contributed by atoms with Gasteiger partial charge in [0.1, 0.15) is 5.82 Å². The zero-order valence-corrected chi connectivity index (χ0v) is 21.5. The number of hydrogen-bond acceptors (Lipinski definition) is 4. The van der Waals surface area contributed by atoms with E-state index in [1.165, 1.54) is 11.1 Å². The van der Waals surface area contributed by atoms with E-state index in [1.807, 2.05) is 36.4 Å². The zero-order chi connectivity index (χ0) is 25.3. The molecule has 4 aromatic rings. The molecule has 0 aliphatic rings. The Morgan fingerprint density at radius 1 is 1.00 bits per heavy atom. The van der Waals surface area contributed by atoms with Gasteiger partial charge in [-0.25, -0.2) is 4.39 Å². The van der Waals surface area contributed by atoms with Crippen LogP contribution in [0.1, 0.15) is 35.1 Å². The molecule has 188 valence electrons. The Hall–Kier alpha value is -2.89. The number of aromatic nitrogens is 1. The van der Waals surface area contributed by atoms with Crippen molar-refractivity contribution in [1.82, 2.24) is 10.3 Å². The standard InChI is InChI=1S/C29H32FN2O3P/c1-21-6-2-7-22(18-21)8-3-9-23-11-12-24(19-28(23)30)26-14-13-25(29-27(26)10-4-16-32-29)20-31-15-5-17-35-36(33)34/h2,4,6-7,10-14,16,18-19,31,36H,3,5,8-9,15,17,20H2,1H3,(H,33,34). The van der Waals surface area contributed by atoms with Gasteiger partial charge < -0.3 is 14.7 Å². The average molecular weight is 507 g/mol. The van der Waals surface area contributed by atoms with Gasteiger partial charge >= 0.3 is 8.25 Å². The van der Waals surface area contributed by atoms with E-state index in [2.05, 4.69) is 41.5 Å². The maximum absolute atomic E-state index is 15.1. The second kappa shape index (κ2) is 12.9. The SMILES string of the molecule is Cc1cccc(CCCc2ccc(-c3ccc(CNCCCO[PH](=O)O)c4ncccc34)cc2F)c1. The number of pyridine rings is 1. The minimum atomic E-state index is -2.87. The fraction of sp³-hybridized carbons (Fsp3) is 0.276. The summed E-state index contributed by atoms with van der Waals surface area (Å²) in [5.41, 5.74) is 6.98. The molecule has 1 atom stereocenters. The second-order valence-corrected chi connectivity index (χ2v) is 9.79. The van der Waals surface area contributed by atoms with Crippen LogP contribution >= 0.6 is 8.25 Å². The Morgan fingerprint density at radius 2 is 1.86 bits per heavy atom. The highest BCUT2D eigenvalue weighted by Crippen LogP contribution is 2.31. The molecule has 2 N–H and O–H groups in total. The number of halogens is 1. The van der Waals surface area contributed by atoms with Crippen LogP contribution in [-0.2, 0) is 28.5 Å². The summed E-state index contributed by atoms with van der Waals surface area (Å²) in [6.45, 7) is 3.59. The van der Waals surface area contributed by atoms with Gasteiger partial charge in [-0.3, -0.25) is 9.55 Å². The molecular weight excluding hydrogens is 474 g/mol. The first-order valence-corrected chi connectivity index (χ1v) is 13.5. The number of aryl methyl sites for hydroxylation is 3. The van der Waals surface area contributed by atoms with Gasteiger partial charge in [-0.2, -0.15) is 0 Å². The molecule has 3 aromatic carbocycles. The minimum Gasteiger partial charge on any atom is -0.326 e. The molecule has 4 rings (SSSR count). The second-order valence-electron chi connectivity index (χ2n) is 8.97. The Balaban J connectivity index is 1.43. The topological polar surface area (TPSA) is 71.5 Å². The molecule has 36 heavy (non-hydrogen) atoms. The summed E-state index contributed by atoms with van der Waals surface area (Å²) < 4.78 is 30.4. The maximum Gasteiger partial charge on any atom is 0.316 e. The van der Waals surface area contributed by atoms with Crippen LogP contribution in [0.5, 0.6) is 0 Å². The molecule has 0 aliphatic heterocycles. The predicted molar refractivity (Wildman–Crippen MR) is 144 cm³/mol. The first-order chi connectivity index (χ1) is 17.5. The van der Waals surface area contributed by atoms with Crippen molar-refractivity contribution in [2.45, 2.75) is 39.2 Å². The fourth-order valence-corrected chi connectivity index (χ4v) is 4.79. The molecule has 0 fully saturated rings. The first-order valence-electron chi connectivity index (χ1n) is 12.3. The summed E-state index contributed by atoms with van der Waals surface area (Å²) in [4.78, 5) is 13.3. The van der Waals surface area contributed by atoms with Gasteiger partial charge in [-0.15, -0.1) is 0 Å². The van der Waals surface area contributed by atoms with Crippen LogP contribution in [0.3, 0.4) is 0 Å². The first kappa shape index (κ1) is 26.2. The van der Waals surface area contributed by atoms with Crippen molar-refractivity contribution in [3.05, 3.63) is 101 Å². The Kier molecular flexibility index (Phi) is 9.37. The van der Waals surface area contributed by atoms with Crippen molar-refractivity contribution in [2.75, 3.05) is 13.2 Å². The van der Waals surface area contributed by atoms with E-state index >= 15 is 4.39 Å². The highest BCUT2D eigenvalue weighted by Gasteiger charge is 2.11. The quantitative estimate of drug-likeness (QED) is 0.172. The van der Waals surface area contributed by atoms with Crippen molar-refractivity contribution < 1.29 is 18.4 Å². The third-order valence-electron chi connectivity index (χ3n) is 6.25. The maximum atomic E-state index is 15.1. The largest absolute Gasteiger partial charge is 0.326 e. The molecule has 7 heteroatoms. The highest BCUT2D eigenvalue weighted by atomic mass is 31.1. The van der Waals surface area contributed by atoms with Crippen LogP contribution in [0.4, 0.5) is 4.39 Å². The van der Waals surface area contributed by atoms with E-state index in [1.54, 1.807) is 12.3 Å². The van der Waals surface area contributed by atoms with Crippen molar-refractivity contribution in [3.63, 3.8) is 0 Å². The van der Waals surface area contributed by atoms with Crippen molar-refractivity contribution >= 4 is 19.2 Å². The summed E-state index contributed by atoms with van der Waals surface area (Å²) in [5, 5.41) is 4.30. The molecule has 0 radical (unpaired) electrons. The van der Waals surface area contributed by atoms with Crippen molar-refractivity contribution in [3.8, 4) is 11.1 Å². The molecule has 0 bridgehead atoms. The van der Waals surface area contributed by atoms with Gasteiger partial charge in [0, 0.05) is 18.1 Å². The third kappa shape index (κ3) is 7.08. The van der Waals surface area contributed by atoms with Crippen molar-refractivity contribution in [1.29, 1.82) is 0 Å². The van der Waals surface area contributed by atoms with Crippen LogP contribution in [-0.4, -0.2) is 23.0 Å². The number of hydrogen-bond donors (Lipinski definition) is 2. The van der Waals surface area contributed by atoms with Gasteiger partial charge in [-0.05, 0) is 79.1 Å². The van der Waals surface area contributed by atoms with E-state index in [-0.39, 0.29) is 12.4 Å². The summed E-state index contributed by atoms with van der Waals surface area (Å²) in [6, 6.07) is 22.0. The predicted octanol–water partition coefficient (Wildman–Crippen LogP) is 6.40. The van der Waals surface area contributed by atoms with E-state index in [9.17, 15) is 4.57 Å². The number of fused-ring (bicyclic) bond motifs is 1. The smallest absolute Gasteiger partial charge is 0.316 e. The lowest BCUT2D eigenvalue weighted by Gasteiger charge is -2.13. The minimum absolute atomic E-state index is 0.174. The van der Waals surface area contributed by atoms with Crippen LogP contribution in [0.15, 0.2) is 72.9 Å². The molecule has 5 nitrogen and oxygen atoms in total. The van der Waals surface area contributed by atoms with Gasteiger partial charge in [0.2, 0.25) is 0 Å². The lowest BCUT2D eigenvalue weighted by Crippen LogP contribution is -2.16. The molecule has 1 unspecified atom stereocenters. The normalized spacial score (nSPS) is 12.2. The number of nitrogens with zero attached hydrogens (tertiary/aromatic N) is 1. The molecule has 1 aromatic heterocycles. The molecule has 0 aliphatic carbocycles.